The van der Waals surface area contributed by atoms with Crippen molar-refractivity contribution in [3.05, 3.63) is 65.5 Å². The van der Waals surface area contributed by atoms with Crippen LogP contribution in [0, 0.1) is 0 Å². The standard InChI is InChI=1S/C15H13NO2/c17-10-12-7-4-8-13-15(12)16-14(18-13)9-11-5-2-1-3-6-11/h1-8,17H,9-10H2. The molecule has 0 aliphatic carbocycles. The van der Waals surface area contributed by atoms with E-state index in [1.807, 2.05) is 48.5 Å². The van der Waals surface area contributed by atoms with E-state index in [1.54, 1.807) is 0 Å². The Hall–Kier alpha value is -2.13. The highest BCUT2D eigenvalue weighted by Gasteiger charge is 2.09. The van der Waals surface area contributed by atoms with Gasteiger partial charge in [-0.3, -0.25) is 0 Å². The average Bonchev–Trinajstić information content (AvgIpc) is 2.82. The van der Waals surface area contributed by atoms with E-state index in [0.717, 1.165) is 22.2 Å². The second-order valence-electron chi connectivity index (χ2n) is 4.19. The van der Waals surface area contributed by atoms with Crippen molar-refractivity contribution in [2.45, 2.75) is 13.0 Å². The summed E-state index contributed by atoms with van der Waals surface area (Å²) in [5.41, 5.74) is 3.45. The molecule has 0 aliphatic heterocycles. The molecule has 3 aromatic rings. The number of aliphatic hydroxyl groups excluding tert-OH is 1. The van der Waals surface area contributed by atoms with Crippen molar-refractivity contribution < 1.29 is 9.52 Å². The van der Waals surface area contributed by atoms with Crippen molar-refractivity contribution in [2.75, 3.05) is 0 Å². The fourth-order valence-electron chi connectivity index (χ4n) is 2.03. The summed E-state index contributed by atoms with van der Waals surface area (Å²) in [6.07, 6.45) is 0.667. The van der Waals surface area contributed by atoms with Crippen LogP contribution in [0.25, 0.3) is 11.1 Å². The molecule has 0 spiro atoms. The average molecular weight is 239 g/mol. The molecule has 0 unspecified atom stereocenters. The molecule has 0 aliphatic rings. The Morgan fingerprint density at radius 1 is 1.00 bits per heavy atom. The fourth-order valence-corrected chi connectivity index (χ4v) is 2.03. The van der Waals surface area contributed by atoms with Gasteiger partial charge in [0.2, 0.25) is 0 Å². The Morgan fingerprint density at radius 3 is 2.61 bits per heavy atom. The van der Waals surface area contributed by atoms with Gasteiger partial charge in [-0.2, -0.15) is 0 Å². The molecular formula is C15H13NO2. The van der Waals surface area contributed by atoms with Crippen molar-refractivity contribution in [2.24, 2.45) is 0 Å². The normalized spacial score (nSPS) is 10.9. The third-order valence-corrected chi connectivity index (χ3v) is 2.92. The zero-order chi connectivity index (χ0) is 12.4. The summed E-state index contributed by atoms with van der Waals surface area (Å²) in [4.78, 5) is 4.45. The highest BCUT2D eigenvalue weighted by molar-refractivity contribution is 5.76. The topological polar surface area (TPSA) is 46.3 Å². The van der Waals surface area contributed by atoms with Gasteiger partial charge in [-0.25, -0.2) is 4.98 Å². The first kappa shape index (κ1) is 11.0. The van der Waals surface area contributed by atoms with E-state index in [0.29, 0.717) is 12.3 Å². The summed E-state index contributed by atoms with van der Waals surface area (Å²) in [6, 6.07) is 15.7. The lowest BCUT2D eigenvalue weighted by Crippen LogP contribution is -1.88. The van der Waals surface area contributed by atoms with Crippen LogP contribution in [0.5, 0.6) is 0 Å². The molecule has 0 bridgehead atoms. The van der Waals surface area contributed by atoms with Crippen LogP contribution in [0.2, 0.25) is 0 Å². The van der Waals surface area contributed by atoms with E-state index in [1.165, 1.54) is 0 Å². The number of para-hydroxylation sites is 1. The Kier molecular flexibility index (Phi) is 2.82. The number of oxazole rings is 1. The fraction of sp³-hybridized carbons (Fsp3) is 0.133. The minimum absolute atomic E-state index is 0.0192. The molecule has 0 amide bonds. The molecule has 3 heteroatoms. The molecule has 90 valence electrons. The van der Waals surface area contributed by atoms with Crippen molar-refractivity contribution in [3.8, 4) is 0 Å². The zero-order valence-corrected chi connectivity index (χ0v) is 9.84. The Balaban J connectivity index is 1.99. The highest BCUT2D eigenvalue weighted by Crippen LogP contribution is 2.21. The van der Waals surface area contributed by atoms with Crippen LogP contribution >= 0.6 is 0 Å². The van der Waals surface area contributed by atoms with Crippen LogP contribution in [-0.4, -0.2) is 10.1 Å². The summed E-state index contributed by atoms with van der Waals surface area (Å²) in [5, 5.41) is 9.25. The highest BCUT2D eigenvalue weighted by atomic mass is 16.3. The van der Waals surface area contributed by atoms with Gasteiger partial charge in [0.15, 0.2) is 11.5 Å². The Morgan fingerprint density at radius 2 is 1.83 bits per heavy atom. The lowest BCUT2D eigenvalue weighted by Gasteiger charge is -1.94. The zero-order valence-electron chi connectivity index (χ0n) is 9.84. The van der Waals surface area contributed by atoms with Crippen LogP contribution in [0.3, 0.4) is 0 Å². The van der Waals surface area contributed by atoms with Crippen LogP contribution in [0.1, 0.15) is 17.0 Å². The number of benzene rings is 2. The van der Waals surface area contributed by atoms with E-state index in [9.17, 15) is 5.11 Å². The van der Waals surface area contributed by atoms with Gasteiger partial charge in [-0.05, 0) is 11.6 Å². The van der Waals surface area contributed by atoms with Crippen LogP contribution in [-0.2, 0) is 13.0 Å². The molecule has 3 rings (SSSR count). The van der Waals surface area contributed by atoms with Gasteiger partial charge in [0, 0.05) is 12.0 Å². The minimum Gasteiger partial charge on any atom is -0.440 e. The maximum Gasteiger partial charge on any atom is 0.199 e. The largest absolute Gasteiger partial charge is 0.440 e. The van der Waals surface area contributed by atoms with Gasteiger partial charge in [0.25, 0.3) is 0 Å². The van der Waals surface area contributed by atoms with Gasteiger partial charge in [0.1, 0.15) is 5.52 Å². The molecule has 0 saturated heterocycles. The Labute approximate surface area is 105 Å². The molecule has 1 N–H and O–H groups in total. The molecule has 0 radical (unpaired) electrons. The molecule has 0 saturated carbocycles. The van der Waals surface area contributed by atoms with E-state index in [-0.39, 0.29) is 6.61 Å². The van der Waals surface area contributed by atoms with E-state index in [4.69, 9.17) is 4.42 Å². The number of nitrogens with zero attached hydrogens (tertiary/aromatic N) is 1. The third kappa shape index (κ3) is 2.00. The van der Waals surface area contributed by atoms with Gasteiger partial charge in [0.05, 0.1) is 6.61 Å². The number of aliphatic hydroxyl groups is 1. The number of aromatic nitrogens is 1. The summed E-state index contributed by atoms with van der Waals surface area (Å²) in [5.74, 6) is 0.678. The number of fused-ring (bicyclic) bond motifs is 1. The summed E-state index contributed by atoms with van der Waals surface area (Å²) in [6.45, 7) is -0.0192. The van der Waals surface area contributed by atoms with E-state index in [2.05, 4.69) is 4.98 Å². The quantitative estimate of drug-likeness (QED) is 0.764. The van der Waals surface area contributed by atoms with Gasteiger partial charge in [-0.1, -0.05) is 42.5 Å². The maximum atomic E-state index is 9.25. The first-order chi connectivity index (χ1) is 8.86. The molecule has 1 heterocycles. The lowest BCUT2D eigenvalue weighted by molar-refractivity contribution is 0.283. The van der Waals surface area contributed by atoms with Crippen LogP contribution < -0.4 is 0 Å². The summed E-state index contributed by atoms with van der Waals surface area (Å²) >= 11 is 0. The first-order valence-electron chi connectivity index (χ1n) is 5.89. The number of hydrogen-bond donors (Lipinski definition) is 1. The first-order valence-corrected chi connectivity index (χ1v) is 5.89. The predicted octanol–water partition coefficient (Wildman–Crippen LogP) is 2.91. The predicted molar refractivity (Wildman–Crippen MR) is 69.2 cm³/mol. The van der Waals surface area contributed by atoms with Gasteiger partial charge in [-0.15, -0.1) is 0 Å². The summed E-state index contributed by atoms with van der Waals surface area (Å²) in [7, 11) is 0. The molecular weight excluding hydrogens is 226 g/mol. The maximum absolute atomic E-state index is 9.25. The number of rotatable bonds is 3. The molecule has 2 aromatic carbocycles. The van der Waals surface area contributed by atoms with E-state index >= 15 is 0 Å². The molecule has 18 heavy (non-hydrogen) atoms. The molecule has 3 nitrogen and oxygen atoms in total. The smallest absolute Gasteiger partial charge is 0.199 e. The minimum atomic E-state index is -0.0192. The molecule has 0 atom stereocenters. The number of hydrogen-bond acceptors (Lipinski definition) is 3. The van der Waals surface area contributed by atoms with Crippen molar-refractivity contribution in [1.29, 1.82) is 0 Å². The molecule has 1 aromatic heterocycles. The monoisotopic (exact) mass is 239 g/mol. The van der Waals surface area contributed by atoms with Crippen molar-refractivity contribution in [1.82, 2.24) is 4.98 Å². The van der Waals surface area contributed by atoms with Gasteiger partial charge < -0.3 is 9.52 Å². The Bertz CT molecular complexity index is 659. The second-order valence-corrected chi connectivity index (χ2v) is 4.19. The van der Waals surface area contributed by atoms with Gasteiger partial charge >= 0.3 is 0 Å². The lowest BCUT2D eigenvalue weighted by atomic mass is 10.1. The third-order valence-electron chi connectivity index (χ3n) is 2.92. The van der Waals surface area contributed by atoms with Crippen LogP contribution in [0.4, 0.5) is 0 Å². The van der Waals surface area contributed by atoms with Crippen molar-refractivity contribution >= 4 is 11.1 Å². The van der Waals surface area contributed by atoms with Crippen LogP contribution in [0.15, 0.2) is 52.9 Å². The summed E-state index contributed by atoms with van der Waals surface area (Å²) < 4.78 is 5.69. The van der Waals surface area contributed by atoms with Crippen molar-refractivity contribution in [3.63, 3.8) is 0 Å². The SMILES string of the molecule is OCc1cccc2oc(Cc3ccccc3)nc12. The second kappa shape index (κ2) is 4.63. The van der Waals surface area contributed by atoms with E-state index < -0.39 is 0 Å². The molecule has 0 fully saturated rings.